The molecule has 2 aliphatic heterocycles. The van der Waals surface area contributed by atoms with E-state index in [4.69, 9.17) is 20.9 Å². The molecule has 5 rings (SSSR count). The Hall–Kier alpha value is -3.14. The maximum atomic E-state index is 13.7. The van der Waals surface area contributed by atoms with Gasteiger partial charge in [0.05, 0.1) is 12.2 Å². The van der Waals surface area contributed by atoms with Crippen LogP contribution in [0.2, 0.25) is 5.02 Å². The first-order valence-electron chi connectivity index (χ1n) is 13.2. The van der Waals surface area contributed by atoms with Gasteiger partial charge in [-0.25, -0.2) is 8.42 Å². The molecule has 2 aromatic carbocycles. The SMILES string of the molecule is CCC1CN(C(=O)C2CCN(S(=O)(=O)c3c(C)noc3C=Cc3ccc(C)cc3)CC2)c2cc(Cl)ccc2O1. The molecule has 2 aliphatic rings. The number of amides is 1. The summed E-state index contributed by atoms with van der Waals surface area (Å²) in [6.45, 7) is 6.56. The molecule has 1 atom stereocenters. The largest absolute Gasteiger partial charge is 0.486 e. The van der Waals surface area contributed by atoms with Crippen LogP contribution >= 0.6 is 11.6 Å². The molecule has 1 unspecified atom stereocenters. The topological polar surface area (TPSA) is 93.0 Å². The second-order valence-corrected chi connectivity index (χ2v) is 12.4. The average Bonchev–Trinajstić information content (AvgIpc) is 3.32. The molecule has 1 fully saturated rings. The molecule has 8 nitrogen and oxygen atoms in total. The van der Waals surface area contributed by atoms with E-state index in [2.05, 4.69) is 5.16 Å². The first kappa shape index (κ1) is 27.4. The molecule has 0 spiro atoms. The van der Waals surface area contributed by atoms with E-state index in [0.29, 0.717) is 41.5 Å². The third-order valence-electron chi connectivity index (χ3n) is 7.35. The van der Waals surface area contributed by atoms with Crippen LogP contribution in [-0.4, -0.2) is 49.5 Å². The van der Waals surface area contributed by atoms with Gasteiger partial charge in [0.2, 0.25) is 15.9 Å². The van der Waals surface area contributed by atoms with Crippen molar-refractivity contribution in [1.29, 1.82) is 0 Å². The summed E-state index contributed by atoms with van der Waals surface area (Å²) >= 11 is 6.23. The van der Waals surface area contributed by atoms with Gasteiger partial charge in [0.1, 0.15) is 17.5 Å². The molecule has 0 saturated carbocycles. The summed E-state index contributed by atoms with van der Waals surface area (Å²) in [4.78, 5) is 15.5. The molecule has 1 amide bonds. The van der Waals surface area contributed by atoms with Crippen molar-refractivity contribution in [3.63, 3.8) is 0 Å². The number of sulfonamides is 1. The summed E-state index contributed by atoms with van der Waals surface area (Å²) in [5.74, 6) is 0.502. The van der Waals surface area contributed by atoms with Gasteiger partial charge in [-0.1, -0.05) is 59.6 Å². The monoisotopic (exact) mass is 569 g/mol. The van der Waals surface area contributed by atoms with Crippen molar-refractivity contribution in [2.75, 3.05) is 24.5 Å². The molecular formula is C29H32ClN3O5S. The fourth-order valence-electron chi connectivity index (χ4n) is 5.08. The van der Waals surface area contributed by atoms with Crippen molar-refractivity contribution in [3.8, 4) is 5.75 Å². The number of hydrogen-bond donors (Lipinski definition) is 0. The molecule has 1 saturated heterocycles. The van der Waals surface area contributed by atoms with Gasteiger partial charge < -0.3 is 14.2 Å². The number of anilines is 1. The molecule has 3 heterocycles. The van der Waals surface area contributed by atoms with Crippen LogP contribution < -0.4 is 9.64 Å². The second kappa shape index (κ2) is 11.2. The van der Waals surface area contributed by atoms with Gasteiger partial charge in [-0.15, -0.1) is 0 Å². The molecule has 206 valence electrons. The summed E-state index contributed by atoms with van der Waals surface area (Å²) in [7, 11) is -3.87. The van der Waals surface area contributed by atoms with E-state index >= 15 is 0 Å². The fraction of sp³-hybridized carbons (Fsp3) is 0.379. The zero-order valence-electron chi connectivity index (χ0n) is 22.3. The van der Waals surface area contributed by atoms with Crippen molar-refractivity contribution in [2.24, 2.45) is 5.92 Å². The van der Waals surface area contributed by atoms with E-state index in [1.807, 2.05) is 38.1 Å². The maximum Gasteiger partial charge on any atom is 0.248 e. The van der Waals surface area contributed by atoms with Crippen LogP contribution in [0.15, 0.2) is 51.9 Å². The molecular weight excluding hydrogens is 538 g/mol. The smallest absolute Gasteiger partial charge is 0.248 e. The molecule has 0 bridgehead atoms. The summed E-state index contributed by atoms with van der Waals surface area (Å²) in [5.41, 5.74) is 3.04. The Morgan fingerprint density at radius 2 is 1.82 bits per heavy atom. The lowest BCUT2D eigenvalue weighted by Gasteiger charge is -2.38. The first-order chi connectivity index (χ1) is 18.7. The Bertz CT molecular complexity index is 1490. The molecule has 0 aliphatic carbocycles. The number of aryl methyl sites for hydroxylation is 2. The highest BCUT2D eigenvalue weighted by Gasteiger charge is 2.39. The van der Waals surface area contributed by atoms with E-state index in [9.17, 15) is 13.2 Å². The number of fused-ring (bicyclic) bond motifs is 1. The number of nitrogens with zero attached hydrogens (tertiary/aromatic N) is 3. The molecule has 39 heavy (non-hydrogen) atoms. The van der Waals surface area contributed by atoms with Crippen LogP contribution in [0.4, 0.5) is 5.69 Å². The summed E-state index contributed by atoms with van der Waals surface area (Å²) in [6, 6.07) is 13.2. The van der Waals surface area contributed by atoms with Gasteiger partial charge in [0.25, 0.3) is 0 Å². The number of carbonyl (C=O) groups is 1. The quantitative estimate of drug-likeness (QED) is 0.377. The summed E-state index contributed by atoms with van der Waals surface area (Å²) < 4.78 is 40.2. The van der Waals surface area contributed by atoms with Crippen LogP contribution in [0.25, 0.3) is 12.2 Å². The van der Waals surface area contributed by atoms with Crippen LogP contribution in [0.5, 0.6) is 5.75 Å². The van der Waals surface area contributed by atoms with E-state index in [1.165, 1.54) is 4.31 Å². The number of carbonyl (C=O) groups excluding carboxylic acids is 1. The Labute approximate surface area is 234 Å². The Balaban J connectivity index is 1.31. The normalized spacial score (nSPS) is 18.8. The number of aromatic nitrogens is 1. The number of rotatable bonds is 6. The highest BCUT2D eigenvalue weighted by Crippen LogP contribution is 2.38. The molecule has 10 heteroatoms. The predicted molar refractivity (Wildman–Crippen MR) is 151 cm³/mol. The van der Waals surface area contributed by atoms with Crippen LogP contribution in [0.3, 0.4) is 0 Å². The second-order valence-electron chi connectivity index (χ2n) is 10.1. The van der Waals surface area contributed by atoms with Crippen molar-refractivity contribution < 1.29 is 22.5 Å². The molecule has 0 radical (unpaired) electrons. The number of piperidine rings is 1. The third-order valence-corrected chi connectivity index (χ3v) is 9.64. The van der Waals surface area contributed by atoms with Gasteiger partial charge >= 0.3 is 0 Å². The van der Waals surface area contributed by atoms with Gasteiger partial charge in [-0.05, 0) is 62.9 Å². The fourth-order valence-corrected chi connectivity index (χ4v) is 6.97. The minimum absolute atomic E-state index is 0.0276. The highest BCUT2D eigenvalue weighted by atomic mass is 35.5. The minimum atomic E-state index is -3.87. The van der Waals surface area contributed by atoms with E-state index < -0.39 is 10.0 Å². The molecule has 0 N–H and O–H groups in total. The standard InChI is InChI=1S/C29H32ClN3O5S/c1-4-24-18-33(25-17-23(30)10-12-26(25)37-24)29(34)22-13-15-32(16-14-22)39(35,36)28-20(3)31-38-27(28)11-9-21-7-5-19(2)6-8-21/h5-12,17,22,24H,4,13-16,18H2,1-3H3. The van der Waals surface area contributed by atoms with Gasteiger partial charge in [-0.3, -0.25) is 4.79 Å². The van der Waals surface area contributed by atoms with Gasteiger partial charge in [0.15, 0.2) is 10.7 Å². The van der Waals surface area contributed by atoms with Crippen molar-refractivity contribution in [3.05, 3.63) is 70.1 Å². The van der Waals surface area contributed by atoms with Crippen LogP contribution in [0, 0.1) is 19.8 Å². The number of ether oxygens (including phenoxy) is 1. The Morgan fingerprint density at radius 3 is 2.51 bits per heavy atom. The zero-order valence-corrected chi connectivity index (χ0v) is 23.8. The van der Waals surface area contributed by atoms with Gasteiger partial charge in [-0.2, -0.15) is 4.31 Å². The van der Waals surface area contributed by atoms with Crippen molar-refractivity contribution in [2.45, 2.75) is 51.0 Å². The molecule has 1 aromatic heterocycles. The highest BCUT2D eigenvalue weighted by molar-refractivity contribution is 7.89. The van der Waals surface area contributed by atoms with Crippen molar-refractivity contribution in [1.82, 2.24) is 9.46 Å². The lowest BCUT2D eigenvalue weighted by atomic mass is 9.95. The van der Waals surface area contributed by atoms with Crippen molar-refractivity contribution >= 4 is 45.4 Å². The number of benzene rings is 2. The Morgan fingerprint density at radius 1 is 1.10 bits per heavy atom. The summed E-state index contributed by atoms with van der Waals surface area (Å²) in [6.07, 6.45) is 4.94. The molecule has 3 aromatic rings. The van der Waals surface area contributed by atoms with E-state index in [-0.39, 0.29) is 41.7 Å². The maximum absolute atomic E-state index is 13.7. The lowest BCUT2D eigenvalue weighted by molar-refractivity contribution is -0.124. The van der Waals surface area contributed by atoms with Crippen LogP contribution in [0.1, 0.15) is 48.8 Å². The van der Waals surface area contributed by atoms with Gasteiger partial charge in [0, 0.05) is 24.0 Å². The average molecular weight is 570 g/mol. The van der Waals surface area contributed by atoms with E-state index in [1.54, 1.807) is 42.2 Å². The zero-order chi connectivity index (χ0) is 27.7. The number of halogens is 1. The van der Waals surface area contributed by atoms with E-state index in [0.717, 1.165) is 17.5 Å². The Kier molecular flexibility index (Phi) is 7.84. The minimum Gasteiger partial charge on any atom is -0.486 e. The summed E-state index contributed by atoms with van der Waals surface area (Å²) in [5, 5.41) is 4.47. The van der Waals surface area contributed by atoms with Crippen LogP contribution in [-0.2, 0) is 14.8 Å². The predicted octanol–water partition coefficient (Wildman–Crippen LogP) is 5.72. The lowest BCUT2D eigenvalue weighted by Crippen LogP contribution is -2.48. The number of hydrogen-bond acceptors (Lipinski definition) is 6. The first-order valence-corrected chi connectivity index (χ1v) is 15.0. The third kappa shape index (κ3) is 5.62.